The van der Waals surface area contributed by atoms with Crippen LogP contribution >= 0.6 is 0 Å². The second kappa shape index (κ2) is 6.92. The van der Waals surface area contributed by atoms with Crippen molar-refractivity contribution in [3.8, 4) is 12.3 Å². The van der Waals surface area contributed by atoms with Crippen molar-refractivity contribution in [1.29, 1.82) is 0 Å². The summed E-state index contributed by atoms with van der Waals surface area (Å²) in [5.74, 6) is 1.69. The first kappa shape index (κ1) is 12.5. The molecule has 0 bridgehead atoms. The molecule has 5 nitrogen and oxygen atoms in total. The molecule has 0 fully saturated rings. The van der Waals surface area contributed by atoms with Gasteiger partial charge in [0.2, 0.25) is 5.91 Å². The third-order valence-corrected chi connectivity index (χ3v) is 1.43. The Balaban J connectivity index is 3.72. The molecule has 1 N–H and O–H groups in total. The molecule has 78 valence electrons. The van der Waals surface area contributed by atoms with Gasteiger partial charge in [0, 0.05) is 0 Å². The number of methoxy groups -OCH3 is 1. The van der Waals surface area contributed by atoms with Crippen LogP contribution in [0.5, 0.6) is 0 Å². The van der Waals surface area contributed by atoms with Gasteiger partial charge in [0.05, 0.1) is 26.7 Å². The minimum atomic E-state index is -0.378. The summed E-state index contributed by atoms with van der Waals surface area (Å²) in [4.78, 5) is 23.4. The normalized spacial score (nSPS) is 9.29. The molecule has 1 amide bonds. The topological polar surface area (TPSA) is 58.6 Å². The third kappa shape index (κ3) is 6.03. The van der Waals surface area contributed by atoms with E-state index >= 15 is 0 Å². The highest BCUT2D eigenvalue weighted by atomic mass is 16.5. The van der Waals surface area contributed by atoms with Crippen LogP contribution in [0.15, 0.2) is 0 Å². The highest BCUT2D eigenvalue weighted by Crippen LogP contribution is 1.84. The van der Waals surface area contributed by atoms with Gasteiger partial charge in [-0.05, 0) is 7.05 Å². The molecule has 0 radical (unpaired) electrons. The first-order chi connectivity index (χ1) is 6.60. The lowest BCUT2D eigenvalue weighted by molar-refractivity contribution is -0.141. The van der Waals surface area contributed by atoms with E-state index in [9.17, 15) is 9.59 Å². The number of ether oxygens (including phenoxy) is 1. The zero-order valence-corrected chi connectivity index (χ0v) is 8.37. The maximum atomic E-state index is 11.1. The number of hydrogen-bond donors (Lipinski definition) is 1. The largest absolute Gasteiger partial charge is 0.468 e. The van der Waals surface area contributed by atoms with Crippen LogP contribution in [0, 0.1) is 12.3 Å². The van der Waals surface area contributed by atoms with Crippen molar-refractivity contribution in [2.24, 2.45) is 0 Å². The quantitative estimate of drug-likeness (QED) is 0.447. The van der Waals surface area contributed by atoms with E-state index in [0.29, 0.717) is 0 Å². The molecule has 0 rings (SSSR count). The standard InChI is InChI=1S/C9H14N2O3/c1-4-5-10-8(12)6-11(2)7-9(13)14-3/h1H,5-7H2,2-3H3,(H,10,12). The highest BCUT2D eigenvalue weighted by Gasteiger charge is 2.09. The molecule has 0 aliphatic carbocycles. The van der Waals surface area contributed by atoms with Crippen molar-refractivity contribution >= 4 is 11.9 Å². The maximum Gasteiger partial charge on any atom is 0.319 e. The Morgan fingerprint density at radius 3 is 2.64 bits per heavy atom. The summed E-state index contributed by atoms with van der Waals surface area (Å²) in [6, 6.07) is 0. The van der Waals surface area contributed by atoms with Crippen LogP contribution in [0.2, 0.25) is 0 Å². The first-order valence-corrected chi connectivity index (χ1v) is 4.05. The van der Waals surface area contributed by atoms with E-state index in [-0.39, 0.29) is 31.5 Å². The second-order valence-corrected chi connectivity index (χ2v) is 2.73. The van der Waals surface area contributed by atoms with E-state index < -0.39 is 0 Å². The van der Waals surface area contributed by atoms with Gasteiger partial charge in [-0.2, -0.15) is 0 Å². The number of likely N-dealkylation sites (N-methyl/N-ethyl adjacent to an activating group) is 1. The Hall–Kier alpha value is -1.54. The number of hydrogen-bond acceptors (Lipinski definition) is 4. The van der Waals surface area contributed by atoms with E-state index in [1.165, 1.54) is 12.0 Å². The van der Waals surface area contributed by atoms with Crippen LogP contribution in [-0.4, -0.2) is 50.6 Å². The van der Waals surface area contributed by atoms with Gasteiger partial charge in [-0.3, -0.25) is 14.5 Å². The van der Waals surface area contributed by atoms with Gasteiger partial charge in [-0.15, -0.1) is 6.42 Å². The molecule has 14 heavy (non-hydrogen) atoms. The van der Waals surface area contributed by atoms with Gasteiger partial charge < -0.3 is 10.1 Å². The van der Waals surface area contributed by atoms with Crippen LogP contribution < -0.4 is 5.32 Å². The van der Waals surface area contributed by atoms with Gasteiger partial charge in [0.15, 0.2) is 0 Å². The number of amides is 1. The molecule has 0 aliphatic heterocycles. The van der Waals surface area contributed by atoms with Crippen LogP contribution in [-0.2, 0) is 14.3 Å². The fraction of sp³-hybridized carbons (Fsp3) is 0.556. The van der Waals surface area contributed by atoms with E-state index in [0.717, 1.165) is 0 Å². The summed E-state index contributed by atoms with van der Waals surface area (Å²) in [5, 5.41) is 2.49. The van der Waals surface area contributed by atoms with E-state index in [2.05, 4.69) is 16.0 Å². The maximum absolute atomic E-state index is 11.1. The summed E-state index contributed by atoms with van der Waals surface area (Å²) in [5.41, 5.74) is 0. The Morgan fingerprint density at radius 2 is 2.14 bits per heavy atom. The fourth-order valence-electron chi connectivity index (χ4n) is 0.792. The molecular formula is C9H14N2O3. The second-order valence-electron chi connectivity index (χ2n) is 2.73. The molecule has 0 saturated carbocycles. The zero-order chi connectivity index (χ0) is 11.0. The van der Waals surface area contributed by atoms with E-state index in [4.69, 9.17) is 6.42 Å². The predicted octanol–water partition coefficient (Wildman–Crippen LogP) is -1.16. The molecule has 0 aromatic heterocycles. The lowest BCUT2D eigenvalue weighted by atomic mass is 10.4. The smallest absolute Gasteiger partial charge is 0.319 e. The third-order valence-electron chi connectivity index (χ3n) is 1.43. The SMILES string of the molecule is C#CCNC(=O)CN(C)CC(=O)OC. The molecule has 0 unspecified atom stereocenters. The Labute approximate surface area is 83.4 Å². The van der Waals surface area contributed by atoms with Crippen molar-refractivity contribution in [2.45, 2.75) is 0 Å². The number of rotatable bonds is 5. The molecule has 0 aromatic carbocycles. The number of terminal acetylenes is 1. The first-order valence-electron chi connectivity index (χ1n) is 4.05. The van der Waals surface area contributed by atoms with Crippen LogP contribution in [0.4, 0.5) is 0 Å². The summed E-state index contributed by atoms with van der Waals surface area (Å²) in [6.07, 6.45) is 4.96. The molecule has 0 atom stereocenters. The number of nitrogens with zero attached hydrogens (tertiary/aromatic N) is 1. The van der Waals surface area contributed by atoms with Crippen molar-refractivity contribution in [3.63, 3.8) is 0 Å². The molecule has 0 spiro atoms. The molecule has 0 aromatic rings. The zero-order valence-electron chi connectivity index (χ0n) is 8.37. The van der Waals surface area contributed by atoms with Gasteiger partial charge in [0.1, 0.15) is 0 Å². The van der Waals surface area contributed by atoms with Gasteiger partial charge >= 0.3 is 5.97 Å². The number of carbonyl (C=O) groups excluding carboxylic acids is 2. The Bertz CT molecular complexity index is 245. The predicted molar refractivity (Wildman–Crippen MR) is 51.4 cm³/mol. The Kier molecular flexibility index (Phi) is 6.16. The van der Waals surface area contributed by atoms with E-state index in [1.54, 1.807) is 7.05 Å². The van der Waals surface area contributed by atoms with Gasteiger partial charge in [-0.25, -0.2) is 0 Å². The number of carbonyl (C=O) groups is 2. The highest BCUT2D eigenvalue weighted by molar-refractivity contribution is 5.79. The lowest BCUT2D eigenvalue weighted by Crippen LogP contribution is -2.37. The fourth-order valence-corrected chi connectivity index (χ4v) is 0.792. The summed E-state index contributed by atoms with van der Waals surface area (Å²) in [6.45, 7) is 0.404. The average Bonchev–Trinajstić information content (AvgIpc) is 2.14. The monoisotopic (exact) mass is 198 g/mol. The molecule has 5 heteroatoms. The number of esters is 1. The van der Waals surface area contributed by atoms with Crippen LogP contribution in [0.3, 0.4) is 0 Å². The number of nitrogens with one attached hydrogen (secondary N) is 1. The van der Waals surface area contributed by atoms with Crippen LogP contribution in [0.25, 0.3) is 0 Å². The van der Waals surface area contributed by atoms with Crippen molar-refractivity contribution < 1.29 is 14.3 Å². The summed E-state index contributed by atoms with van der Waals surface area (Å²) in [7, 11) is 2.95. The Morgan fingerprint density at radius 1 is 1.50 bits per heavy atom. The lowest BCUT2D eigenvalue weighted by Gasteiger charge is -2.13. The van der Waals surface area contributed by atoms with Crippen molar-refractivity contribution in [2.75, 3.05) is 33.8 Å². The molecule has 0 aliphatic rings. The molecule has 0 heterocycles. The van der Waals surface area contributed by atoms with Crippen LogP contribution in [0.1, 0.15) is 0 Å². The molecule has 0 saturated heterocycles. The van der Waals surface area contributed by atoms with Crippen molar-refractivity contribution in [1.82, 2.24) is 10.2 Å². The average molecular weight is 198 g/mol. The summed E-state index contributed by atoms with van der Waals surface area (Å²) < 4.78 is 4.44. The van der Waals surface area contributed by atoms with Gasteiger partial charge in [-0.1, -0.05) is 5.92 Å². The molecular weight excluding hydrogens is 184 g/mol. The minimum absolute atomic E-state index is 0.0833. The minimum Gasteiger partial charge on any atom is -0.468 e. The van der Waals surface area contributed by atoms with Crippen molar-refractivity contribution in [3.05, 3.63) is 0 Å². The van der Waals surface area contributed by atoms with Gasteiger partial charge in [0.25, 0.3) is 0 Å². The summed E-state index contributed by atoms with van der Waals surface area (Å²) >= 11 is 0. The van der Waals surface area contributed by atoms with E-state index in [1.807, 2.05) is 0 Å².